The monoisotopic (exact) mass is 351 g/mol. The van der Waals surface area contributed by atoms with Crippen LogP contribution in [-0.4, -0.2) is 45.6 Å². The van der Waals surface area contributed by atoms with Gasteiger partial charge in [-0.25, -0.2) is 13.4 Å². The first-order valence-electron chi connectivity index (χ1n) is 8.14. The minimum atomic E-state index is -3.59. The van der Waals surface area contributed by atoms with Gasteiger partial charge in [0.15, 0.2) is 5.03 Å². The van der Waals surface area contributed by atoms with Crippen molar-refractivity contribution in [2.24, 2.45) is 13.0 Å². The molecule has 2 atom stereocenters. The van der Waals surface area contributed by atoms with Crippen molar-refractivity contribution in [2.75, 3.05) is 13.1 Å². The molecule has 2 aromatic rings. The van der Waals surface area contributed by atoms with E-state index in [1.807, 2.05) is 0 Å². The highest BCUT2D eigenvalue weighted by atomic mass is 32.2. The molecule has 0 unspecified atom stereocenters. The van der Waals surface area contributed by atoms with Gasteiger partial charge in [-0.15, -0.1) is 10.2 Å². The van der Waals surface area contributed by atoms with Gasteiger partial charge in [0.1, 0.15) is 5.82 Å². The maximum absolute atomic E-state index is 13.1. The Hall–Kier alpha value is -1.74. The number of aryl methyl sites for hydroxylation is 2. The molecule has 1 saturated carbocycles. The van der Waals surface area contributed by atoms with Gasteiger partial charge >= 0.3 is 0 Å². The fourth-order valence-corrected chi connectivity index (χ4v) is 5.83. The van der Waals surface area contributed by atoms with Crippen LogP contribution in [0.1, 0.15) is 36.9 Å². The molecule has 8 nitrogen and oxygen atoms in total. The van der Waals surface area contributed by atoms with Gasteiger partial charge in [0.25, 0.3) is 10.0 Å². The van der Waals surface area contributed by atoms with Crippen molar-refractivity contribution in [3.63, 3.8) is 0 Å². The van der Waals surface area contributed by atoms with Crippen LogP contribution >= 0.6 is 0 Å². The van der Waals surface area contributed by atoms with Crippen LogP contribution < -0.4 is 0 Å². The quantitative estimate of drug-likeness (QED) is 0.824. The second kappa shape index (κ2) is 5.13. The van der Waals surface area contributed by atoms with Gasteiger partial charge < -0.3 is 8.98 Å². The molecule has 0 aromatic carbocycles. The number of nitrogens with zero attached hydrogens (tertiary/aromatic N) is 5. The van der Waals surface area contributed by atoms with E-state index in [2.05, 4.69) is 15.2 Å². The maximum Gasteiger partial charge on any atom is 0.260 e. The number of aromatic nitrogens is 4. The van der Waals surface area contributed by atoms with Gasteiger partial charge in [-0.3, -0.25) is 0 Å². The lowest BCUT2D eigenvalue weighted by Crippen LogP contribution is -2.35. The number of rotatable bonds is 3. The number of fused-ring (bicyclic) bond motifs is 1. The smallest absolute Gasteiger partial charge is 0.260 e. The van der Waals surface area contributed by atoms with Crippen molar-refractivity contribution in [3.05, 3.63) is 23.8 Å². The largest absolute Gasteiger partial charge is 0.425 e. The van der Waals surface area contributed by atoms with Crippen molar-refractivity contribution in [3.8, 4) is 0 Å². The van der Waals surface area contributed by atoms with E-state index >= 15 is 0 Å². The third kappa shape index (κ3) is 2.07. The van der Waals surface area contributed by atoms with Gasteiger partial charge in [-0.05, 0) is 25.7 Å². The van der Waals surface area contributed by atoms with Gasteiger partial charge in [0.2, 0.25) is 11.8 Å². The van der Waals surface area contributed by atoms with Crippen LogP contribution in [0.15, 0.2) is 15.6 Å². The van der Waals surface area contributed by atoms with Gasteiger partial charge in [0, 0.05) is 27.1 Å². The summed E-state index contributed by atoms with van der Waals surface area (Å²) in [5.41, 5.74) is -0.345. The summed E-state index contributed by atoms with van der Waals surface area (Å²) in [7, 11) is -1.86. The molecule has 130 valence electrons. The van der Waals surface area contributed by atoms with Crippen LogP contribution in [0.4, 0.5) is 0 Å². The van der Waals surface area contributed by atoms with Crippen molar-refractivity contribution in [1.82, 2.24) is 24.1 Å². The third-order valence-electron chi connectivity index (χ3n) is 5.57. The molecular weight excluding hydrogens is 330 g/mol. The average molecular weight is 351 g/mol. The van der Waals surface area contributed by atoms with Crippen LogP contribution in [0.5, 0.6) is 0 Å². The first-order valence-corrected chi connectivity index (χ1v) is 9.58. The Balaban J connectivity index is 1.72. The zero-order valence-electron chi connectivity index (χ0n) is 14.1. The highest BCUT2D eigenvalue weighted by Gasteiger charge is 2.56. The Morgan fingerprint density at radius 1 is 1.33 bits per heavy atom. The number of hydrogen-bond donors (Lipinski definition) is 0. The molecule has 1 aliphatic carbocycles. The maximum atomic E-state index is 13.1. The molecule has 2 aromatic heterocycles. The van der Waals surface area contributed by atoms with Crippen molar-refractivity contribution in [2.45, 2.75) is 43.6 Å². The van der Waals surface area contributed by atoms with Crippen LogP contribution in [0.3, 0.4) is 0 Å². The third-order valence-corrected chi connectivity index (χ3v) is 7.44. The number of hydrogen-bond acceptors (Lipinski definition) is 6. The van der Waals surface area contributed by atoms with Gasteiger partial charge in [-0.2, -0.15) is 4.31 Å². The van der Waals surface area contributed by atoms with E-state index in [9.17, 15) is 8.42 Å². The van der Waals surface area contributed by atoms with E-state index in [4.69, 9.17) is 4.42 Å². The van der Waals surface area contributed by atoms with Crippen LogP contribution in [0.2, 0.25) is 0 Å². The molecule has 4 rings (SSSR count). The zero-order valence-corrected chi connectivity index (χ0v) is 14.9. The summed E-state index contributed by atoms with van der Waals surface area (Å²) < 4.78 is 35.0. The Kier molecular flexibility index (Phi) is 3.37. The fraction of sp³-hybridized carbons (Fsp3) is 0.667. The molecule has 1 saturated heterocycles. The molecule has 24 heavy (non-hydrogen) atoms. The molecule has 0 spiro atoms. The standard InChI is InChI=1S/C15H21N5O3S/c1-10-16-7-13(19(10)3)24(21,22)20-8-12-5-4-6-15(12,9-20)14-18-17-11(2)23-14/h7,12H,4-6,8-9H2,1-3H3/t12-,15-/m0/s1. The second-order valence-electron chi connectivity index (χ2n) is 6.87. The second-order valence-corrected chi connectivity index (χ2v) is 8.76. The predicted molar refractivity (Wildman–Crippen MR) is 84.8 cm³/mol. The molecule has 0 N–H and O–H groups in total. The summed E-state index contributed by atoms with van der Waals surface area (Å²) in [4.78, 5) is 4.12. The van der Waals surface area contributed by atoms with Crippen molar-refractivity contribution < 1.29 is 12.8 Å². The lowest BCUT2D eigenvalue weighted by atomic mass is 9.81. The molecule has 0 radical (unpaired) electrons. The Morgan fingerprint density at radius 3 is 2.75 bits per heavy atom. The lowest BCUT2D eigenvalue weighted by molar-refractivity contribution is 0.294. The first-order chi connectivity index (χ1) is 11.3. The first kappa shape index (κ1) is 15.8. The summed E-state index contributed by atoms with van der Waals surface area (Å²) >= 11 is 0. The molecule has 3 heterocycles. The van der Waals surface area contributed by atoms with Gasteiger partial charge in [-0.1, -0.05) is 6.42 Å². The number of imidazole rings is 1. The fourth-order valence-electron chi connectivity index (χ4n) is 4.13. The minimum Gasteiger partial charge on any atom is -0.425 e. The Bertz CT molecular complexity index is 887. The van der Waals surface area contributed by atoms with Crippen molar-refractivity contribution in [1.29, 1.82) is 0 Å². The van der Waals surface area contributed by atoms with Crippen molar-refractivity contribution >= 4 is 10.0 Å². The summed E-state index contributed by atoms with van der Waals surface area (Å²) in [6.07, 6.45) is 4.36. The molecular formula is C15H21N5O3S. The Morgan fingerprint density at radius 2 is 2.12 bits per heavy atom. The van der Waals surface area contributed by atoms with E-state index in [-0.39, 0.29) is 16.4 Å². The minimum absolute atomic E-state index is 0.224. The van der Waals surface area contributed by atoms with Gasteiger partial charge in [0.05, 0.1) is 11.6 Å². The SMILES string of the molecule is Cc1nnc([C@]23CCC[C@H]2CN(S(=O)(=O)c2cnc(C)n2C)C3)o1. The highest BCUT2D eigenvalue weighted by Crippen LogP contribution is 2.51. The topological polar surface area (TPSA) is 94.1 Å². The van der Waals surface area contributed by atoms with E-state index in [1.54, 1.807) is 29.8 Å². The zero-order chi connectivity index (χ0) is 17.1. The summed E-state index contributed by atoms with van der Waals surface area (Å²) in [6, 6.07) is 0. The molecule has 0 amide bonds. The van der Waals surface area contributed by atoms with E-state index < -0.39 is 10.0 Å². The summed E-state index contributed by atoms with van der Waals surface area (Å²) in [5, 5.41) is 8.40. The molecule has 0 bridgehead atoms. The Labute approximate surface area is 140 Å². The summed E-state index contributed by atoms with van der Waals surface area (Å²) in [6.45, 7) is 4.44. The highest BCUT2D eigenvalue weighted by molar-refractivity contribution is 7.89. The lowest BCUT2D eigenvalue weighted by Gasteiger charge is -2.24. The van der Waals surface area contributed by atoms with Crippen LogP contribution in [0.25, 0.3) is 0 Å². The number of sulfonamides is 1. The molecule has 2 aliphatic rings. The molecule has 2 fully saturated rings. The molecule has 1 aliphatic heterocycles. The van der Waals surface area contributed by atoms with E-state index in [0.717, 1.165) is 19.3 Å². The van der Waals surface area contributed by atoms with Crippen LogP contribution in [0, 0.1) is 19.8 Å². The normalized spacial score (nSPS) is 27.7. The summed E-state index contributed by atoms with van der Waals surface area (Å²) in [5.74, 6) is 2.01. The average Bonchev–Trinajstić information content (AvgIpc) is 3.23. The van der Waals surface area contributed by atoms with E-state index in [1.165, 1.54) is 6.20 Å². The molecule has 9 heteroatoms. The van der Waals surface area contributed by atoms with E-state index in [0.29, 0.717) is 30.7 Å². The van der Waals surface area contributed by atoms with Crippen LogP contribution in [-0.2, 0) is 22.5 Å². The predicted octanol–water partition coefficient (Wildman–Crippen LogP) is 1.16.